The minimum absolute atomic E-state index is 0.345. The molecule has 2 heterocycles. The quantitative estimate of drug-likeness (QED) is 0.495. The maximum atomic E-state index is 14.2. The Morgan fingerprint density at radius 1 is 1.17 bits per heavy atom. The molecule has 0 atom stereocenters. The molecule has 0 radical (unpaired) electrons. The van der Waals surface area contributed by atoms with E-state index in [2.05, 4.69) is 43.1 Å². The standard InChI is InChI=1S/C17H12BrFN4S/c1-2-14-22-13-6-5-12-15(16(13)24-14)17(21-8-20-12)23-11-4-3-9(18)7-10(11)19/h3-8H,2H2,1H3,(H,20,21,23). The molecule has 0 saturated heterocycles. The summed E-state index contributed by atoms with van der Waals surface area (Å²) in [6, 6.07) is 8.76. The van der Waals surface area contributed by atoms with E-state index in [0.29, 0.717) is 16.0 Å². The van der Waals surface area contributed by atoms with Gasteiger partial charge < -0.3 is 5.32 Å². The summed E-state index contributed by atoms with van der Waals surface area (Å²) in [7, 11) is 0. The molecule has 0 fully saturated rings. The first-order valence-corrected chi connectivity index (χ1v) is 9.02. The van der Waals surface area contributed by atoms with Crippen LogP contribution in [0, 0.1) is 5.82 Å². The molecule has 2 aromatic heterocycles. The number of nitrogens with one attached hydrogen (secondary N) is 1. The van der Waals surface area contributed by atoms with E-state index in [9.17, 15) is 4.39 Å². The van der Waals surface area contributed by atoms with Gasteiger partial charge in [-0.3, -0.25) is 0 Å². The number of anilines is 2. The molecule has 24 heavy (non-hydrogen) atoms. The van der Waals surface area contributed by atoms with E-state index in [-0.39, 0.29) is 5.82 Å². The van der Waals surface area contributed by atoms with Crippen LogP contribution in [0.3, 0.4) is 0 Å². The minimum Gasteiger partial charge on any atom is -0.337 e. The summed E-state index contributed by atoms with van der Waals surface area (Å²) in [6.07, 6.45) is 2.35. The van der Waals surface area contributed by atoms with Crippen LogP contribution in [0.15, 0.2) is 41.1 Å². The van der Waals surface area contributed by atoms with E-state index in [1.54, 1.807) is 23.5 Å². The van der Waals surface area contributed by atoms with Crippen molar-refractivity contribution in [2.75, 3.05) is 5.32 Å². The lowest BCUT2D eigenvalue weighted by atomic mass is 10.2. The Kier molecular flexibility index (Phi) is 3.90. The number of benzene rings is 2. The third-order valence-corrected chi connectivity index (χ3v) is 5.41. The normalized spacial score (nSPS) is 11.3. The Balaban J connectivity index is 1.92. The Morgan fingerprint density at radius 2 is 2.00 bits per heavy atom. The van der Waals surface area contributed by atoms with Gasteiger partial charge in [0.2, 0.25) is 0 Å². The van der Waals surface area contributed by atoms with Crippen molar-refractivity contribution in [2.45, 2.75) is 13.3 Å². The van der Waals surface area contributed by atoms with Crippen molar-refractivity contribution in [2.24, 2.45) is 0 Å². The van der Waals surface area contributed by atoms with Crippen molar-refractivity contribution in [3.8, 4) is 0 Å². The number of halogens is 2. The van der Waals surface area contributed by atoms with E-state index in [4.69, 9.17) is 0 Å². The van der Waals surface area contributed by atoms with Gasteiger partial charge in [0.25, 0.3) is 0 Å². The van der Waals surface area contributed by atoms with Gasteiger partial charge in [-0.15, -0.1) is 11.3 Å². The van der Waals surface area contributed by atoms with Crippen LogP contribution >= 0.6 is 27.3 Å². The van der Waals surface area contributed by atoms with Gasteiger partial charge in [-0.2, -0.15) is 0 Å². The van der Waals surface area contributed by atoms with E-state index in [1.807, 2.05) is 12.1 Å². The second kappa shape index (κ2) is 6.07. The first-order valence-electron chi connectivity index (χ1n) is 7.41. The second-order valence-electron chi connectivity index (χ2n) is 5.24. The molecule has 0 aliphatic rings. The van der Waals surface area contributed by atoms with Crippen LogP contribution in [0.4, 0.5) is 15.9 Å². The molecule has 4 aromatic rings. The molecule has 4 nitrogen and oxygen atoms in total. The largest absolute Gasteiger partial charge is 0.337 e. The van der Waals surface area contributed by atoms with Gasteiger partial charge in [0.15, 0.2) is 0 Å². The fourth-order valence-corrected chi connectivity index (χ4v) is 3.92. The van der Waals surface area contributed by atoms with Crippen molar-refractivity contribution in [1.29, 1.82) is 0 Å². The van der Waals surface area contributed by atoms with Crippen molar-refractivity contribution >= 4 is 59.9 Å². The highest BCUT2D eigenvalue weighted by molar-refractivity contribution is 9.10. The maximum absolute atomic E-state index is 14.2. The van der Waals surface area contributed by atoms with Crippen LogP contribution in [0.5, 0.6) is 0 Å². The zero-order chi connectivity index (χ0) is 16.7. The van der Waals surface area contributed by atoms with Crippen molar-refractivity contribution in [3.63, 3.8) is 0 Å². The maximum Gasteiger partial charge on any atom is 0.147 e. The topological polar surface area (TPSA) is 50.7 Å². The zero-order valence-corrected chi connectivity index (χ0v) is 15.1. The summed E-state index contributed by atoms with van der Waals surface area (Å²) in [4.78, 5) is 13.3. The molecule has 0 bridgehead atoms. The van der Waals surface area contributed by atoms with Crippen LogP contribution in [0.25, 0.3) is 21.1 Å². The highest BCUT2D eigenvalue weighted by Gasteiger charge is 2.13. The molecule has 0 spiro atoms. The summed E-state index contributed by atoms with van der Waals surface area (Å²) >= 11 is 4.89. The van der Waals surface area contributed by atoms with Gasteiger partial charge in [0.05, 0.1) is 31.8 Å². The third-order valence-electron chi connectivity index (χ3n) is 3.69. The summed E-state index contributed by atoms with van der Waals surface area (Å²) in [5.74, 6) is 0.236. The Hall–Kier alpha value is -2.12. The van der Waals surface area contributed by atoms with Crippen molar-refractivity contribution in [3.05, 3.63) is 52.0 Å². The van der Waals surface area contributed by atoms with Crippen LogP contribution in [-0.2, 0) is 6.42 Å². The first kappa shape index (κ1) is 15.4. The van der Waals surface area contributed by atoms with Gasteiger partial charge >= 0.3 is 0 Å². The number of rotatable bonds is 3. The number of nitrogens with zero attached hydrogens (tertiary/aromatic N) is 3. The molecule has 0 amide bonds. The van der Waals surface area contributed by atoms with Crippen LogP contribution in [0.2, 0.25) is 0 Å². The average molecular weight is 403 g/mol. The number of hydrogen-bond acceptors (Lipinski definition) is 5. The highest BCUT2D eigenvalue weighted by Crippen LogP contribution is 2.35. The molecule has 2 aromatic carbocycles. The number of fused-ring (bicyclic) bond motifs is 3. The first-order chi connectivity index (χ1) is 11.7. The lowest BCUT2D eigenvalue weighted by molar-refractivity contribution is 0.631. The average Bonchev–Trinajstić information content (AvgIpc) is 3.01. The van der Waals surface area contributed by atoms with Gasteiger partial charge in [0.1, 0.15) is 18.0 Å². The Labute approximate surface area is 149 Å². The molecular formula is C17H12BrFN4S. The Morgan fingerprint density at radius 3 is 2.79 bits per heavy atom. The Bertz CT molecular complexity index is 1060. The van der Waals surface area contributed by atoms with Crippen LogP contribution in [0.1, 0.15) is 11.9 Å². The minimum atomic E-state index is -0.345. The smallest absolute Gasteiger partial charge is 0.147 e. The summed E-state index contributed by atoms with van der Waals surface area (Å²) in [5.41, 5.74) is 2.10. The summed E-state index contributed by atoms with van der Waals surface area (Å²) in [5, 5.41) is 5.02. The fourth-order valence-electron chi connectivity index (χ4n) is 2.54. The van der Waals surface area contributed by atoms with E-state index >= 15 is 0 Å². The van der Waals surface area contributed by atoms with Gasteiger partial charge in [0, 0.05) is 4.47 Å². The third kappa shape index (κ3) is 2.63. The molecule has 1 N–H and O–H groups in total. The fraction of sp³-hybridized carbons (Fsp3) is 0.118. The van der Waals surface area contributed by atoms with E-state index in [0.717, 1.165) is 32.5 Å². The lowest BCUT2D eigenvalue weighted by Crippen LogP contribution is -1.98. The predicted octanol–water partition coefficient (Wildman–Crippen LogP) is 5.45. The number of aryl methyl sites for hydroxylation is 1. The van der Waals surface area contributed by atoms with Gasteiger partial charge in [-0.1, -0.05) is 22.9 Å². The molecule has 120 valence electrons. The molecule has 0 unspecified atom stereocenters. The van der Waals surface area contributed by atoms with Crippen LogP contribution < -0.4 is 5.32 Å². The predicted molar refractivity (Wildman–Crippen MR) is 99.5 cm³/mol. The lowest BCUT2D eigenvalue weighted by Gasteiger charge is -2.09. The molecule has 4 rings (SSSR count). The molecule has 7 heteroatoms. The number of aromatic nitrogens is 3. The monoisotopic (exact) mass is 402 g/mol. The number of thiazole rings is 1. The van der Waals surface area contributed by atoms with Gasteiger partial charge in [-0.05, 0) is 36.8 Å². The highest BCUT2D eigenvalue weighted by atomic mass is 79.9. The molecule has 0 saturated carbocycles. The molecule has 0 aliphatic carbocycles. The summed E-state index contributed by atoms with van der Waals surface area (Å²) in [6.45, 7) is 2.08. The van der Waals surface area contributed by atoms with Crippen LogP contribution in [-0.4, -0.2) is 15.0 Å². The zero-order valence-electron chi connectivity index (χ0n) is 12.7. The summed E-state index contributed by atoms with van der Waals surface area (Å²) < 4.78 is 15.9. The second-order valence-corrected chi connectivity index (χ2v) is 7.24. The van der Waals surface area contributed by atoms with Gasteiger partial charge in [-0.25, -0.2) is 19.3 Å². The van der Waals surface area contributed by atoms with E-state index < -0.39 is 0 Å². The SMILES string of the molecule is CCc1nc2ccc3ncnc(Nc4ccc(Br)cc4F)c3c2s1. The molecule has 0 aliphatic heterocycles. The molecular weight excluding hydrogens is 391 g/mol. The van der Waals surface area contributed by atoms with Crippen molar-refractivity contribution < 1.29 is 4.39 Å². The van der Waals surface area contributed by atoms with Crippen molar-refractivity contribution in [1.82, 2.24) is 15.0 Å². The number of hydrogen-bond donors (Lipinski definition) is 1. The van der Waals surface area contributed by atoms with E-state index in [1.165, 1.54) is 12.4 Å².